The summed E-state index contributed by atoms with van der Waals surface area (Å²) in [5.41, 5.74) is -0.150. The number of hydrogen-bond donors (Lipinski definition) is 2. The van der Waals surface area contributed by atoms with E-state index in [1.807, 2.05) is 0 Å². The Morgan fingerprint density at radius 1 is 1.30 bits per heavy atom. The van der Waals surface area contributed by atoms with Crippen LogP contribution in [0.2, 0.25) is 0 Å². The molecule has 0 aliphatic carbocycles. The molecular weight excluding hydrogens is 282 g/mol. The van der Waals surface area contributed by atoms with Crippen LogP contribution in [0.4, 0.5) is 0 Å². The Balaban J connectivity index is 2.32. The Morgan fingerprint density at radius 2 is 2.05 bits per heavy atom. The van der Waals surface area contributed by atoms with Crippen molar-refractivity contribution in [2.75, 3.05) is 13.2 Å². The molecule has 20 heavy (non-hydrogen) atoms. The minimum atomic E-state index is -3.65. The number of fused-ring (bicyclic) bond motifs is 1. The van der Waals surface area contributed by atoms with Gasteiger partial charge >= 0.3 is 5.63 Å². The molecule has 2 rings (SSSR count). The van der Waals surface area contributed by atoms with E-state index in [2.05, 4.69) is 4.72 Å². The van der Waals surface area contributed by atoms with Crippen LogP contribution < -0.4 is 10.3 Å². The monoisotopic (exact) mass is 297 g/mol. The minimum absolute atomic E-state index is 0.0870. The van der Waals surface area contributed by atoms with Crippen LogP contribution in [0.1, 0.15) is 6.92 Å². The summed E-state index contributed by atoms with van der Waals surface area (Å²) in [4.78, 5) is 11.1. The molecule has 0 fully saturated rings. The summed E-state index contributed by atoms with van der Waals surface area (Å²) >= 11 is 0. The lowest BCUT2D eigenvalue weighted by Crippen LogP contribution is -2.29. The molecule has 1 aromatic heterocycles. The van der Waals surface area contributed by atoms with E-state index in [1.54, 1.807) is 6.92 Å². The van der Waals surface area contributed by atoms with Gasteiger partial charge < -0.3 is 9.52 Å². The van der Waals surface area contributed by atoms with Crippen molar-refractivity contribution in [3.8, 4) is 0 Å². The van der Waals surface area contributed by atoms with E-state index in [-0.39, 0.29) is 24.0 Å². The fourth-order valence-electron chi connectivity index (χ4n) is 1.62. The van der Waals surface area contributed by atoms with Gasteiger partial charge in [0.05, 0.1) is 4.90 Å². The van der Waals surface area contributed by atoms with Crippen molar-refractivity contribution in [1.82, 2.24) is 4.72 Å². The van der Waals surface area contributed by atoms with Gasteiger partial charge in [-0.15, -0.1) is 0 Å². The van der Waals surface area contributed by atoms with Crippen LogP contribution in [0, 0.1) is 5.92 Å². The molecule has 0 radical (unpaired) electrons. The van der Waals surface area contributed by atoms with Gasteiger partial charge in [0.1, 0.15) is 5.58 Å². The Hall–Kier alpha value is -1.70. The molecule has 2 N–H and O–H groups in total. The van der Waals surface area contributed by atoms with E-state index in [9.17, 15) is 13.2 Å². The summed E-state index contributed by atoms with van der Waals surface area (Å²) in [5, 5.41) is 9.42. The summed E-state index contributed by atoms with van der Waals surface area (Å²) in [5.74, 6) is -0.164. The Morgan fingerprint density at radius 3 is 2.75 bits per heavy atom. The van der Waals surface area contributed by atoms with Crippen LogP contribution in [-0.2, 0) is 10.0 Å². The maximum Gasteiger partial charge on any atom is 0.336 e. The molecule has 1 heterocycles. The topological polar surface area (TPSA) is 96.6 Å². The zero-order valence-corrected chi connectivity index (χ0v) is 11.7. The van der Waals surface area contributed by atoms with Crippen molar-refractivity contribution in [3.63, 3.8) is 0 Å². The average Bonchev–Trinajstić information content (AvgIpc) is 2.44. The van der Waals surface area contributed by atoms with Gasteiger partial charge in [-0.1, -0.05) is 6.92 Å². The highest BCUT2D eigenvalue weighted by Crippen LogP contribution is 2.17. The Kier molecular flexibility index (Phi) is 4.22. The molecule has 108 valence electrons. The first-order valence-corrected chi connectivity index (χ1v) is 7.55. The number of hydrogen-bond acceptors (Lipinski definition) is 5. The zero-order valence-electron chi connectivity index (χ0n) is 10.9. The molecule has 2 aromatic rings. The lowest BCUT2D eigenvalue weighted by molar-refractivity contribution is 0.238. The fraction of sp³-hybridized carbons (Fsp3) is 0.308. The van der Waals surface area contributed by atoms with E-state index in [1.165, 1.54) is 30.3 Å². The Bertz CT molecular complexity index is 766. The summed E-state index contributed by atoms with van der Waals surface area (Å²) in [7, 11) is -3.65. The minimum Gasteiger partial charge on any atom is -0.423 e. The van der Waals surface area contributed by atoms with Gasteiger partial charge in [-0.05, 0) is 30.2 Å². The number of sulfonamides is 1. The molecule has 0 aliphatic rings. The molecular formula is C13H15NO5S. The number of benzene rings is 1. The molecule has 6 nitrogen and oxygen atoms in total. The SMILES string of the molecule is CC(CO)CNS(=O)(=O)c1ccc2oc(=O)ccc2c1. The molecule has 7 heteroatoms. The third-order valence-corrected chi connectivity index (χ3v) is 4.26. The molecule has 0 amide bonds. The molecule has 0 saturated carbocycles. The van der Waals surface area contributed by atoms with Crippen LogP contribution in [0.15, 0.2) is 44.4 Å². The quantitative estimate of drug-likeness (QED) is 0.792. The van der Waals surface area contributed by atoms with Crippen LogP contribution in [0.25, 0.3) is 11.0 Å². The molecule has 1 aromatic carbocycles. The van der Waals surface area contributed by atoms with Crippen LogP contribution in [0.5, 0.6) is 0 Å². The number of nitrogens with one attached hydrogen (secondary N) is 1. The van der Waals surface area contributed by atoms with Gasteiger partial charge in [0.2, 0.25) is 10.0 Å². The lowest BCUT2D eigenvalue weighted by Gasteiger charge is -2.10. The van der Waals surface area contributed by atoms with E-state index in [0.717, 1.165) is 0 Å². The van der Waals surface area contributed by atoms with E-state index in [4.69, 9.17) is 9.52 Å². The zero-order chi connectivity index (χ0) is 14.8. The first-order chi connectivity index (χ1) is 9.42. The standard InChI is InChI=1S/C13H15NO5S/c1-9(8-15)7-14-20(17,18)11-3-4-12-10(6-11)2-5-13(16)19-12/h2-6,9,14-15H,7-8H2,1H3. The predicted molar refractivity (Wildman–Crippen MR) is 73.9 cm³/mol. The van der Waals surface area contributed by atoms with Crippen LogP contribution in [0.3, 0.4) is 0 Å². The highest BCUT2D eigenvalue weighted by Gasteiger charge is 2.15. The van der Waals surface area contributed by atoms with Crippen molar-refractivity contribution in [3.05, 3.63) is 40.8 Å². The second kappa shape index (κ2) is 5.74. The predicted octanol–water partition coefficient (Wildman–Crippen LogP) is 0.700. The molecule has 0 aliphatic heterocycles. The van der Waals surface area contributed by atoms with Gasteiger partial charge in [-0.2, -0.15) is 0 Å². The average molecular weight is 297 g/mol. The van der Waals surface area contributed by atoms with Gasteiger partial charge in [-0.3, -0.25) is 0 Å². The van der Waals surface area contributed by atoms with Gasteiger partial charge in [0, 0.05) is 24.6 Å². The van der Waals surface area contributed by atoms with E-state index < -0.39 is 15.6 Å². The van der Waals surface area contributed by atoms with Crippen molar-refractivity contribution < 1.29 is 17.9 Å². The van der Waals surface area contributed by atoms with E-state index >= 15 is 0 Å². The first-order valence-electron chi connectivity index (χ1n) is 6.07. The fourth-order valence-corrected chi connectivity index (χ4v) is 2.82. The third-order valence-electron chi connectivity index (χ3n) is 2.83. The molecule has 0 saturated heterocycles. The number of aliphatic hydroxyl groups excluding tert-OH is 1. The van der Waals surface area contributed by atoms with Gasteiger partial charge in [0.15, 0.2) is 0 Å². The van der Waals surface area contributed by atoms with Crippen molar-refractivity contribution in [2.24, 2.45) is 5.92 Å². The molecule has 1 unspecified atom stereocenters. The van der Waals surface area contributed by atoms with Gasteiger partial charge in [0.25, 0.3) is 0 Å². The second-order valence-corrected chi connectivity index (χ2v) is 6.36. The number of aliphatic hydroxyl groups is 1. The lowest BCUT2D eigenvalue weighted by atomic mass is 10.2. The largest absolute Gasteiger partial charge is 0.423 e. The molecule has 1 atom stereocenters. The summed E-state index contributed by atoms with van der Waals surface area (Å²) in [6.07, 6.45) is 0. The van der Waals surface area contributed by atoms with Crippen molar-refractivity contribution in [2.45, 2.75) is 11.8 Å². The smallest absolute Gasteiger partial charge is 0.336 e. The summed E-state index contributed by atoms with van der Waals surface area (Å²) in [6.45, 7) is 1.80. The highest BCUT2D eigenvalue weighted by molar-refractivity contribution is 7.89. The second-order valence-electron chi connectivity index (χ2n) is 4.59. The van der Waals surface area contributed by atoms with Crippen molar-refractivity contribution in [1.29, 1.82) is 0 Å². The van der Waals surface area contributed by atoms with E-state index in [0.29, 0.717) is 11.0 Å². The summed E-state index contributed by atoms with van der Waals surface area (Å²) < 4.78 is 31.5. The maximum absolute atomic E-state index is 12.1. The van der Waals surface area contributed by atoms with Crippen LogP contribution >= 0.6 is 0 Å². The Labute approximate surface area is 116 Å². The highest BCUT2D eigenvalue weighted by atomic mass is 32.2. The first kappa shape index (κ1) is 14.7. The van der Waals surface area contributed by atoms with Crippen molar-refractivity contribution >= 4 is 21.0 Å². The molecule has 0 spiro atoms. The third kappa shape index (κ3) is 3.24. The molecule has 0 bridgehead atoms. The number of rotatable bonds is 5. The van der Waals surface area contributed by atoms with Gasteiger partial charge in [-0.25, -0.2) is 17.9 Å². The van der Waals surface area contributed by atoms with Crippen LogP contribution in [-0.4, -0.2) is 26.7 Å². The summed E-state index contributed by atoms with van der Waals surface area (Å²) in [6, 6.07) is 7.00. The maximum atomic E-state index is 12.1. The normalized spacial score (nSPS) is 13.5.